The minimum atomic E-state index is 0.395. The van der Waals surface area contributed by atoms with Crippen LogP contribution < -0.4 is 10.1 Å². The van der Waals surface area contributed by atoms with Crippen LogP contribution in [0.5, 0.6) is 11.5 Å². The van der Waals surface area contributed by atoms with E-state index in [0.29, 0.717) is 33.1 Å². The van der Waals surface area contributed by atoms with Gasteiger partial charge in [0.05, 0.1) is 20.8 Å². The molecule has 1 heterocycles. The highest BCUT2D eigenvalue weighted by Crippen LogP contribution is 2.36. The second-order valence-corrected chi connectivity index (χ2v) is 5.28. The Kier molecular flexibility index (Phi) is 5.49. The highest BCUT2D eigenvalue weighted by Gasteiger charge is 2.08. The van der Waals surface area contributed by atoms with Crippen LogP contribution in [0.15, 0.2) is 30.5 Å². The van der Waals surface area contributed by atoms with Crippen molar-refractivity contribution in [3.63, 3.8) is 0 Å². The Hall–Kier alpha value is -1.00. The van der Waals surface area contributed by atoms with E-state index in [9.17, 15) is 0 Å². The quantitative estimate of drug-likeness (QED) is 0.788. The Morgan fingerprint density at radius 3 is 2.60 bits per heavy atom. The Balaban J connectivity index is 2.19. The first-order valence-electron chi connectivity index (χ1n) is 6.08. The molecule has 0 aliphatic rings. The topological polar surface area (TPSA) is 34.1 Å². The number of nitrogens with one attached hydrogen (secondary N) is 1. The molecular weight excluding hydrogens is 319 g/mol. The van der Waals surface area contributed by atoms with Crippen LogP contribution in [-0.2, 0) is 6.54 Å². The van der Waals surface area contributed by atoms with Crippen LogP contribution in [0.25, 0.3) is 0 Å². The fourth-order valence-corrected chi connectivity index (χ4v) is 2.15. The minimum Gasteiger partial charge on any atom is -0.456 e. The summed E-state index contributed by atoms with van der Waals surface area (Å²) in [6, 6.07) is 6.76. The first-order valence-corrected chi connectivity index (χ1v) is 7.21. The summed E-state index contributed by atoms with van der Waals surface area (Å²) in [6.07, 6.45) is 1.69. The van der Waals surface area contributed by atoms with E-state index in [1.165, 1.54) is 0 Å². The molecule has 0 fully saturated rings. The molecule has 2 rings (SSSR count). The molecule has 0 aliphatic carbocycles. The number of halogens is 3. The van der Waals surface area contributed by atoms with Crippen molar-refractivity contribution >= 4 is 34.8 Å². The molecule has 0 unspecified atom stereocenters. The summed E-state index contributed by atoms with van der Waals surface area (Å²) in [6.45, 7) is 3.60. The molecule has 106 valence electrons. The maximum absolute atomic E-state index is 6.08. The van der Waals surface area contributed by atoms with Crippen molar-refractivity contribution in [1.82, 2.24) is 10.3 Å². The van der Waals surface area contributed by atoms with Crippen LogP contribution in [0.2, 0.25) is 15.1 Å². The van der Waals surface area contributed by atoms with Crippen molar-refractivity contribution in [3.05, 3.63) is 51.2 Å². The molecule has 2 aromatic rings. The van der Waals surface area contributed by atoms with Gasteiger partial charge in [0, 0.05) is 24.9 Å². The van der Waals surface area contributed by atoms with Gasteiger partial charge in [0.1, 0.15) is 11.5 Å². The molecule has 0 amide bonds. The van der Waals surface area contributed by atoms with Gasteiger partial charge in [0.2, 0.25) is 0 Å². The van der Waals surface area contributed by atoms with Crippen molar-refractivity contribution < 1.29 is 4.74 Å². The maximum Gasteiger partial charge on any atom is 0.147 e. The molecule has 0 saturated carbocycles. The van der Waals surface area contributed by atoms with E-state index in [2.05, 4.69) is 10.3 Å². The van der Waals surface area contributed by atoms with E-state index >= 15 is 0 Å². The number of aromatic nitrogens is 1. The Morgan fingerprint density at radius 1 is 1.10 bits per heavy atom. The monoisotopic (exact) mass is 330 g/mol. The first kappa shape index (κ1) is 15.4. The van der Waals surface area contributed by atoms with Gasteiger partial charge in [-0.15, -0.1) is 0 Å². The molecule has 6 heteroatoms. The molecule has 1 N–H and O–H groups in total. The van der Waals surface area contributed by atoms with Crippen molar-refractivity contribution in [1.29, 1.82) is 0 Å². The van der Waals surface area contributed by atoms with Gasteiger partial charge in [-0.2, -0.15) is 0 Å². The van der Waals surface area contributed by atoms with Gasteiger partial charge in [0.15, 0.2) is 0 Å². The van der Waals surface area contributed by atoms with Gasteiger partial charge in [0.25, 0.3) is 0 Å². The fourth-order valence-electron chi connectivity index (χ4n) is 1.58. The van der Waals surface area contributed by atoms with Crippen LogP contribution in [0, 0.1) is 0 Å². The lowest BCUT2D eigenvalue weighted by Gasteiger charge is -2.10. The average Bonchev–Trinajstić information content (AvgIpc) is 2.43. The largest absolute Gasteiger partial charge is 0.456 e. The Bertz CT molecular complexity index is 605. The summed E-state index contributed by atoms with van der Waals surface area (Å²) in [5.74, 6) is 1.11. The lowest BCUT2D eigenvalue weighted by molar-refractivity contribution is 0.480. The summed E-state index contributed by atoms with van der Waals surface area (Å²) < 4.78 is 5.72. The number of pyridine rings is 1. The van der Waals surface area contributed by atoms with Gasteiger partial charge in [-0.1, -0.05) is 41.7 Å². The van der Waals surface area contributed by atoms with E-state index < -0.39 is 0 Å². The van der Waals surface area contributed by atoms with Crippen LogP contribution >= 0.6 is 34.8 Å². The molecule has 0 radical (unpaired) electrons. The summed E-state index contributed by atoms with van der Waals surface area (Å²) in [5.41, 5.74) is 0.889. The number of hydrogen-bond acceptors (Lipinski definition) is 3. The van der Waals surface area contributed by atoms with Crippen molar-refractivity contribution in [2.24, 2.45) is 0 Å². The fraction of sp³-hybridized carbons (Fsp3) is 0.214. The molecule has 0 saturated heterocycles. The summed E-state index contributed by atoms with van der Waals surface area (Å²) in [4.78, 5) is 4.25. The van der Waals surface area contributed by atoms with Crippen LogP contribution in [-0.4, -0.2) is 11.5 Å². The zero-order chi connectivity index (χ0) is 14.5. The maximum atomic E-state index is 6.08. The summed E-state index contributed by atoms with van der Waals surface area (Å²) in [7, 11) is 0. The lowest BCUT2D eigenvalue weighted by atomic mass is 10.3. The molecule has 1 aromatic heterocycles. The number of hydrogen-bond donors (Lipinski definition) is 1. The molecule has 0 atom stereocenters. The van der Waals surface area contributed by atoms with Crippen molar-refractivity contribution in [3.8, 4) is 11.5 Å². The normalized spacial score (nSPS) is 10.6. The van der Waals surface area contributed by atoms with Gasteiger partial charge in [-0.3, -0.25) is 4.98 Å². The van der Waals surface area contributed by atoms with E-state index in [1.807, 2.05) is 13.0 Å². The number of benzene rings is 1. The zero-order valence-electron chi connectivity index (χ0n) is 10.8. The summed E-state index contributed by atoms with van der Waals surface area (Å²) in [5, 5.41) is 4.40. The zero-order valence-corrected chi connectivity index (χ0v) is 13.1. The second kappa shape index (κ2) is 7.14. The second-order valence-electron chi connectivity index (χ2n) is 4.06. The van der Waals surface area contributed by atoms with Gasteiger partial charge in [-0.25, -0.2) is 0 Å². The molecule has 0 spiro atoms. The first-order chi connectivity index (χ1) is 9.60. The molecule has 0 aliphatic heterocycles. The highest BCUT2D eigenvalue weighted by atomic mass is 35.5. The Labute approximate surface area is 132 Å². The molecule has 0 bridgehead atoms. The van der Waals surface area contributed by atoms with Gasteiger partial charge >= 0.3 is 0 Å². The van der Waals surface area contributed by atoms with E-state index in [0.717, 1.165) is 12.2 Å². The van der Waals surface area contributed by atoms with Crippen molar-refractivity contribution in [2.45, 2.75) is 13.5 Å². The van der Waals surface area contributed by atoms with Gasteiger partial charge in [-0.05, 0) is 18.7 Å². The third-order valence-electron chi connectivity index (χ3n) is 2.55. The number of ether oxygens (including phenoxy) is 1. The molecule has 3 nitrogen and oxygen atoms in total. The summed E-state index contributed by atoms with van der Waals surface area (Å²) >= 11 is 17.9. The Morgan fingerprint density at radius 2 is 1.85 bits per heavy atom. The van der Waals surface area contributed by atoms with Crippen molar-refractivity contribution in [2.75, 3.05) is 6.54 Å². The molecule has 20 heavy (non-hydrogen) atoms. The lowest BCUT2D eigenvalue weighted by Crippen LogP contribution is -2.12. The number of rotatable bonds is 5. The minimum absolute atomic E-state index is 0.395. The molecular formula is C14H13Cl3N2O. The van der Waals surface area contributed by atoms with E-state index in [4.69, 9.17) is 39.5 Å². The van der Waals surface area contributed by atoms with Crippen LogP contribution in [0.1, 0.15) is 12.6 Å². The van der Waals surface area contributed by atoms with E-state index in [-0.39, 0.29) is 0 Å². The molecule has 1 aromatic carbocycles. The predicted octanol–water partition coefficient (Wildman–Crippen LogP) is 4.94. The third kappa shape index (κ3) is 4.00. The van der Waals surface area contributed by atoms with E-state index in [1.54, 1.807) is 24.4 Å². The number of nitrogens with zero attached hydrogens (tertiary/aromatic N) is 1. The van der Waals surface area contributed by atoms with Gasteiger partial charge < -0.3 is 10.1 Å². The average molecular weight is 332 g/mol. The third-order valence-corrected chi connectivity index (χ3v) is 3.56. The SMILES string of the molecule is CCNCc1cc(Oc2cc(Cl)c(Cl)cc2Cl)ccn1. The predicted molar refractivity (Wildman–Crippen MR) is 83.2 cm³/mol. The smallest absolute Gasteiger partial charge is 0.147 e. The van der Waals surface area contributed by atoms with Crippen LogP contribution in [0.4, 0.5) is 0 Å². The highest BCUT2D eigenvalue weighted by molar-refractivity contribution is 6.43. The standard InChI is InChI=1S/C14H13Cl3N2O/c1-2-18-8-9-5-10(3-4-19-9)20-14-7-12(16)11(15)6-13(14)17/h3-7,18H,2,8H2,1H3. The van der Waals surface area contributed by atoms with Crippen LogP contribution in [0.3, 0.4) is 0 Å².